The van der Waals surface area contributed by atoms with Gasteiger partial charge in [0, 0.05) is 20.1 Å². The molecule has 1 aromatic carbocycles. The smallest absolute Gasteiger partial charge is 0.193 e. The van der Waals surface area contributed by atoms with Crippen LogP contribution in [0.25, 0.3) is 0 Å². The number of benzene rings is 1. The Morgan fingerprint density at radius 3 is 2.68 bits per heavy atom. The third-order valence-electron chi connectivity index (χ3n) is 3.63. The Bertz CT molecular complexity index is 435. The van der Waals surface area contributed by atoms with Gasteiger partial charge in [0.05, 0.1) is 6.54 Å². The molecule has 0 spiro atoms. The number of nitrogens with one attached hydrogen (secondary N) is 1. The first-order valence-corrected chi connectivity index (χ1v) is 7.97. The minimum atomic E-state index is 0. The van der Waals surface area contributed by atoms with Crippen LogP contribution in [0.15, 0.2) is 35.3 Å². The maximum atomic E-state index is 5.73. The van der Waals surface area contributed by atoms with Gasteiger partial charge in [-0.05, 0) is 31.4 Å². The lowest BCUT2D eigenvalue weighted by molar-refractivity contribution is 0.281. The van der Waals surface area contributed by atoms with Gasteiger partial charge in [0.2, 0.25) is 0 Å². The third-order valence-corrected chi connectivity index (χ3v) is 3.63. The summed E-state index contributed by atoms with van der Waals surface area (Å²) in [5.41, 5.74) is 0. The lowest BCUT2D eigenvalue weighted by Crippen LogP contribution is -2.41. The number of para-hydroxylation sites is 1. The van der Waals surface area contributed by atoms with Gasteiger partial charge >= 0.3 is 0 Å². The van der Waals surface area contributed by atoms with Crippen LogP contribution >= 0.6 is 24.0 Å². The van der Waals surface area contributed by atoms with E-state index in [0.717, 1.165) is 37.3 Å². The Kier molecular flexibility index (Phi) is 9.27. The molecule has 1 saturated carbocycles. The fourth-order valence-electron chi connectivity index (χ4n) is 2.15. The molecule has 1 aliphatic rings. The molecule has 0 radical (unpaired) electrons. The average molecular weight is 417 g/mol. The lowest BCUT2D eigenvalue weighted by atomic mass is 10.3. The first-order valence-electron chi connectivity index (χ1n) is 7.97. The maximum absolute atomic E-state index is 5.73. The molecule has 2 rings (SSSR count). The van der Waals surface area contributed by atoms with Crippen molar-refractivity contribution in [3.8, 4) is 5.75 Å². The molecule has 1 aliphatic carbocycles. The molecular formula is C17H28IN3O. The van der Waals surface area contributed by atoms with Crippen LogP contribution in [0, 0.1) is 5.92 Å². The summed E-state index contributed by atoms with van der Waals surface area (Å²) in [7, 11) is 2.06. The Morgan fingerprint density at radius 1 is 1.32 bits per heavy atom. The number of rotatable bonds is 8. The van der Waals surface area contributed by atoms with Crippen LogP contribution in [-0.2, 0) is 0 Å². The van der Waals surface area contributed by atoms with E-state index in [1.54, 1.807) is 0 Å². The van der Waals surface area contributed by atoms with Gasteiger partial charge in [0.15, 0.2) is 5.96 Å². The molecule has 1 N–H and O–H groups in total. The number of likely N-dealkylation sites (N-methyl/N-ethyl adjacent to an activating group) is 1. The van der Waals surface area contributed by atoms with Crippen molar-refractivity contribution in [3.05, 3.63) is 30.3 Å². The van der Waals surface area contributed by atoms with Crippen molar-refractivity contribution in [1.29, 1.82) is 0 Å². The summed E-state index contributed by atoms with van der Waals surface area (Å²) in [5, 5.41) is 3.35. The number of hydrogen-bond acceptors (Lipinski definition) is 2. The lowest BCUT2D eigenvalue weighted by Gasteiger charge is -2.22. The topological polar surface area (TPSA) is 36.9 Å². The molecule has 0 amide bonds. The second-order valence-electron chi connectivity index (χ2n) is 5.55. The van der Waals surface area contributed by atoms with Crippen LogP contribution in [0.2, 0.25) is 0 Å². The highest BCUT2D eigenvalue weighted by molar-refractivity contribution is 14.0. The van der Waals surface area contributed by atoms with Crippen molar-refractivity contribution in [3.63, 3.8) is 0 Å². The predicted octanol–water partition coefficient (Wildman–Crippen LogP) is 3.38. The Labute approximate surface area is 151 Å². The quantitative estimate of drug-likeness (QED) is 0.400. The van der Waals surface area contributed by atoms with E-state index in [4.69, 9.17) is 9.73 Å². The summed E-state index contributed by atoms with van der Waals surface area (Å²) in [6, 6.07) is 9.93. The zero-order valence-electron chi connectivity index (χ0n) is 13.6. The Morgan fingerprint density at radius 2 is 2.05 bits per heavy atom. The summed E-state index contributed by atoms with van der Waals surface area (Å²) in [4.78, 5) is 6.83. The highest BCUT2D eigenvalue weighted by atomic mass is 127. The number of nitrogens with zero attached hydrogens (tertiary/aromatic N) is 2. The van der Waals surface area contributed by atoms with Crippen LogP contribution < -0.4 is 10.1 Å². The number of hydrogen-bond donors (Lipinski definition) is 1. The number of halogens is 1. The molecule has 1 fully saturated rings. The van der Waals surface area contributed by atoms with Gasteiger partial charge < -0.3 is 15.0 Å². The average Bonchev–Trinajstić information content (AvgIpc) is 3.31. The standard InChI is InChI=1S/C17H27N3O.HI/c1-3-18-17(19-12-11-15-9-10-15)20(2)13-14-21-16-7-5-4-6-8-16;/h4-8,15H,3,9-14H2,1-2H3,(H,18,19);1H. The molecule has 5 heteroatoms. The highest BCUT2D eigenvalue weighted by Crippen LogP contribution is 2.32. The van der Waals surface area contributed by atoms with Crippen molar-refractivity contribution in [2.45, 2.75) is 26.2 Å². The van der Waals surface area contributed by atoms with Crippen molar-refractivity contribution in [2.24, 2.45) is 10.9 Å². The van der Waals surface area contributed by atoms with E-state index in [0.29, 0.717) is 6.61 Å². The summed E-state index contributed by atoms with van der Waals surface area (Å²) in [6.07, 6.45) is 4.02. The SMILES string of the molecule is CCNC(=NCCC1CC1)N(C)CCOc1ccccc1.I. The van der Waals surface area contributed by atoms with E-state index in [9.17, 15) is 0 Å². The van der Waals surface area contributed by atoms with Gasteiger partial charge in [-0.15, -0.1) is 24.0 Å². The zero-order valence-corrected chi connectivity index (χ0v) is 16.0. The molecule has 0 aliphatic heterocycles. The third kappa shape index (κ3) is 7.33. The van der Waals surface area contributed by atoms with Crippen molar-refractivity contribution >= 4 is 29.9 Å². The van der Waals surface area contributed by atoms with E-state index < -0.39 is 0 Å². The van der Waals surface area contributed by atoms with Gasteiger partial charge in [0.25, 0.3) is 0 Å². The molecular weight excluding hydrogens is 389 g/mol. The number of aliphatic imine (C=N–C) groups is 1. The molecule has 1 aromatic rings. The monoisotopic (exact) mass is 417 g/mol. The summed E-state index contributed by atoms with van der Waals surface area (Å²) in [5.74, 6) is 2.83. The summed E-state index contributed by atoms with van der Waals surface area (Å²) < 4.78 is 5.73. The van der Waals surface area contributed by atoms with Crippen LogP contribution in [0.1, 0.15) is 26.2 Å². The molecule has 0 bridgehead atoms. The Balaban J connectivity index is 0.00000242. The van der Waals surface area contributed by atoms with Crippen LogP contribution in [0.5, 0.6) is 5.75 Å². The van der Waals surface area contributed by atoms with Gasteiger partial charge in [-0.2, -0.15) is 0 Å². The minimum absolute atomic E-state index is 0. The normalized spacial score (nSPS) is 14.2. The van der Waals surface area contributed by atoms with E-state index in [1.807, 2.05) is 30.3 Å². The molecule has 124 valence electrons. The maximum Gasteiger partial charge on any atom is 0.193 e. The fraction of sp³-hybridized carbons (Fsp3) is 0.588. The molecule has 4 nitrogen and oxygen atoms in total. The number of guanidine groups is 1. The first-order chi connectivity index (χ1) is 10.3. The van der Waals surface area contributed by atoms with Gasteiger partial charge in [-0.25, -0.2) is 0 Å². The highest BCUT2D eigenvalue weighted by Gasteiger charge is 2.20. The molecule has 0 saturated heterocycles. The first kappa shape index (κ1) is 19.1. The van der Waals surface area contributed by atoms with Crippen LogP contribution in [0.3, 0.4) is 0 Å². The molecule has 0 atom stereocenters. The molecule has 0 unspecified atom stereocenters. The van der Waals surface area contributed by atoms with Crippen molar-refractivity contribution < 1.29 is 4.74 Å². The van der Waals surface area contributed by atoms with Crippen LogP contribution in [-0.4, -0.2) is 44.1 Å². The second-order valence-corrected chi connectivity index (χ2v) is 5.55. The van der Waals surface area contributed by atoms with Crippen molar-refractivity contribution in [1.82, 2.24) is 10.2 Å². The predicted molar refractivity (Wildman–Crippen MR) is 103 cm³/mol. The minimum Gasteiger partial charge on any atom is -0.492 e. The van der Waals surface area contributed by atoms with E-state index in [-0.39, 0.29) is 24.0 Å². The van der Waals surface area contributed by atoms with E-state index in [2.05, 4.69) is 24.2 Å². The zero-order chi connectivity index (χ0) is 14.9. The van der Waals surface area contributed by atoms with E-state index in [1.165, 1.54) is 19.3 Å². The van der Waals surface area contributed by atoms with Gasteiger partial charge in [-0.3, -0.25) is 4.99 Å². The van der Waals surface area contributed by atoms with Gasteiger partial charge in [-0.1, -0.05) is 31.0 Å². The fourth-order valence-corrected chi connectivity index (χ4v) is 2.15. The molecule has 0 aromatic heterocycles. The molecule has 0 heterocycles. The largest absolute Gasteiger partial charge is 0.492 e. The van der Waals surface area contributed by atoms with E-state index >= 15 is 0 Å². The number of ether oxygens (including phenoxy) is 1. The van der Waals surface area contributed by atoms with Crippen LogP contribution in [0.4, 0.5) is 0 Å². The molecule has 22 heavy (non-hydrogen) atoms. The summed E-state index contributed by atoms with van der Waals surface area (Å²) >= 11 is 0. The van der Waals surface area contributed by atoms with Gasteiger partial charge in [0.1, 0.15) is 12.4 Å². The van der Waals surface area contributed by atoms with Crippen molar-refractivity contribution in [2.75, 3.05) is 33.3 Å². The Hall–Kier alpha value is -0.980. The second kappa shape index (κ2) is 10.7. The summed E-state index contributed by atoms with van der Waals surface area (Å²) in [6.45, 7) is 5.41.